The fourth-order valence-electron chi connectivity index (χ4n) is 3.25. The second-order valence-corrected chi connectivity index (χ2v) is 10.4. The number of hydrogen-bond acceptors (Lipinski definition) is 6. The van der Waals surface area contributed by atoms with E-state index in [0.29, 0.717) is 23.4 Å². The molecule has 0 spiro atoms. The Morgan fingerprint density at radius 2 is 1.75 bits per heavy atom. The molecule has 9 heteroatoms. The topological polar surface area (TPSA) is 93.4 Å². The molecule has 2 aromatic carbocycles. The Kier molecular flexibility index (Phi) is 8.04. The number of nitrogens with zero attached hydrogens (tertiary/aromatic N) is 3. The van der Waals surface area contributed by atoms with Gasteiger partial charge in [0, 0.05) is 6.04 Å². The molecule has 0 radical (unpaired) electrons. The highest BCUT2D eigenvalue weighted by atomic mass is 35.5. The van der Waals surface area contributed by atoms with Crippen molar-refractivity contribution in [3.05, 3.63) is 71.1 Å². The van der Waals surface area contributed by atoms with E-state index < -0.39 is 21.5 Å². The van der Waals surface area contributed by atoms with Crippen LogP contribution in [0, 0.1) is 0 Å². The van der Waals surface area contributed by atoms with Gasteiger partial charge in [-0.2, -0.15) is 0 Å². The standard InChI is InChI=1S/C23H26ClN3O4S/c1-17(2)27(15-21-25-26-23(31-21)19-12-6-7-13-20(19)24)22(28)16-32(29,30)14-8-11-18-9-4-3-5-10-18/h3-7,9-10,12-13,17H,8,11,14-16H2,1-2H3. The summed E-state index contributed by atoms with van der Waals surface area (Å²) in [6.07, 6.45) is 1.11. The monoisotopic (exact) mass is 475 g/mol. The molecule has 3 rings (SSSR count). The van der Waals surface area contributed by atoms with E-state index in [1.54, 1.807) is 24.3 Å². The van der Waals surface area contributed by atoms with E-state index in [4.69, 9.17) is 16.0 Å². The van der Waals surface area contributed by atoms with Crippen molar-refractivity contribution < 1.29 is 17.6 Å². The van der Waals surface area contributed by atoms with E-state index in [2.05, 4.69) is 10.2 Å². The molecule has 1 heterocycles. The van der Waals surface area contributed by atoms with E-state index in [1.807, 2.05) is 44.2 Å². The molecule has 0 aliphatic rings. The summed E-state index contributed by atoms with van der Waals surface area (Å²) in [4.78, 5) is 14.2. The number of aromatic nitrogens is 2. The molecule has 0 fully saturated rings. The summed E-state index contributed by atoms with van der Waals surface area (Å²) in [5.74, 6) is -0.627. The van der Waals surface area contributed by atoms with E-state index in [0.717, 1.165) is 5.56 Å². The molecular weight excluding hydrogens is 450 g/mol. The number of benzene rings is 2. The van der Waals surface area contributed by atoms with Gasteiger partial charge in [-0.15, -0.1) is 10.2 Å². The minimum absolute atomic E-state index is 0.0213. The van der Waals surface area contributed by atoms with Crippen LogP contribution in [0.5, 0.6) is 0 Å². The first-order chi connectivity index (χ1) is 15.2. The molecule has 0 N–H and O–H groups in total. The van der Waals surface area contributed by atoms with Crippen LogP contribution in [0.3, 0.4) is 0 Å². The van der Waals surface area contributed by atoms with E-state index >= 15 is 0 Å². The molecule has 0 bridgehead atoms. The molecule has 32 heavy (non-hydrogen) atoms. The lowest BCUT2D eigenvalue weighted by Crippen LogP contribution is -2.40. The van der Waals surface area contributed by atoms with Crippen LogP contribution < -0.4 is 0 Å². The first-order valence-electron chi connectivity index (χ1n) is 10.4. The van der Waals surface area contributed by atoms with Gasteiger partial charge in [-0.3, -0.25) is 4.79 Å². The minimum atomic E-state index is -3.54. The maximum absolute atomic E-state index is 12.8. The molecule has 0 saturated carbocycles. The Labute approximate surface area is 193 Å². The van der Waals surface area contributed by atoms with Crippen LogP contribution in [0.25, 0.3) is 11.5 Å². The highest BCUT2D eigenvalue weighted by Gasteiger charge is 2.25. The molecule has 170 valence electrons. The number of carbonyl (C=O) groups excluding carboxylic acids is 1. The summed E-state index contributed by atoms with van der Waals surface area (Å²) in [6, 6.07) is 16.5. The third-order valence-corrected chi connectivity index (χ3v) is 6.85. The highest BCUT2D eigenvalue weighted by Crippen LogP contribution is 2.26. The quantitative estimate of drug-likeness (QED) is 0.436. The Morgan fingerprint density at radius 3 is 2.44 bits per heavy atom. The number of sulfone groups is 1. The normalized spacial score (nSPS) is 11.6. The van der Waals surface area contributed by atoms with Gasteiger partial charge in [-0.05, 0) is 44.4 Å². The van der Waals surface area contributed by atoms with E-state index in [9.17, 15) is 13.2 Å². The zero-order valence-electron chi connectivity index (χ0n) is 18.1. The van der Waals surface area contributed by atoms with Gasteiger partial charge in [-0.1, -0.05) is 54.1 Å². The molecule has 1 aromatic heterocycles. The van der Waals surface area contributed by atoms with E-state index in [1.165, 1.54) is 4.90 Å². The summed E-state index contributed by atoms with van der Waals surface area (Å²) in [7, 11) is -3.54. The van der Waals surface area contributed by atoms with Crippen molar-refractivity contribution in [3.8, 4) is 11.5 Å². The number of aryl methyl sites for hydroxylation is 1. The van der Waals surface area contributed by atoms with Crippen molar-refractivity contribution in [2.24, 2.45) is 0 Å². The Morgan fingerprint density at radius 1 is 1.06 bits per heavy atom. The molecule has 0 aliphatic carbocycles. The molecular formula is C23H26ClN3O4S. The van der Waals surface area contributed by atoms with Gasteiger partial charge < -0.3 is 9.32 Å². The van der Waals surface area contributed by atoms with Gasteiger partial charge in [0.25, 0.3) is 0 Å². The first kappa shape index (κ1) is 23.9. The SMILES string of the molecule is CC(C)N(Cc1nnc(-c2ccccc2Cl)o1)C(=O)CS(=O)(=O)CCCc1ccccc1. The van der Waals surface area contributed by atoms with Gasteiger partial charge in [0.2, 0.25) is 17.7 Å². The zero-order valence-corrected chi connectivity index (χ0v) is 19.6. The Balaban J connectivity index is 1.61. The van der Waals surface area contributed by atoms with Crippen LogP contribution >= 0.6 is 11.6 Å². The molecule has 7 nitrogen and oxygen atoms in total. The summed E-state index contributed by atoms with van der Waals surface area (Å²) in [5.41, 5.74) is 1.67. The molecule has 3 aromatic rings. The van der Waals surface area contributed by atoms with Crippen molar-refractivity contribution in [1.82, 2.24) is 15.1 Å². The fourth-order valence-corrected chi connectivity index (χ4v) is 4.74. The minimum Gasteiger partial charge on any atom is -0.419 e. The summed E-state index contributed by atoms with van der Waals surface area (Å²) < 4.78 is 30.7. The highest BCUT2D eigenvalue weighted by molar-refractivity contribution is 7.92. The second-order valence-electron chi connectivity index (χ2n) is 7.78. The lowest BCUT2D eigenvalue weighted by Gasteiger charge is -2.25. The molecule has 0 unspecified atom stereocenters. The maximum Gasteiger partial charge on any atom is 0.249 e. The van der Waals surface area contributed by atoms with Crippen molar-refractivity contribution in [2.75, 3.05) is 11.5 Å². The van der Waals surface area contributed by atoms with Crippen molar-refractivity contribution in [2.45, 2.75) is 39.3 Å². The average molecular weight is 476 g/mol. The van der Waals surface area contributed by atoms with Crippen LogP contribution in [0.15, 0.2) is 59.0 Å². The fraction of sp³-hybridized carbons (Fsp3) is 0.348. The largest absolute Gasteiger partial charge is 0.419 e. The predicted molar refractivity (Wildman–Crippen MR) is 124 cm³/mol. The molecule has 0 saturated heterocycles. The molecule has 0 atom stereocenters. The third-order valence-electron chi connectivity index (χ3n) is 4.93. The maximum atomic E-state index is 12.8. The van der Waals surface area contributed by atoms with Crippen LogP contribution in [0.1, 0.15) is 31.7 Å². The first-order valence-corrected chi connectivity index (χ1v) is 12.6. The van der Waals surface area contributed by atoms with E-state index in [-0.39, 0.29) is 30.1 Å². The third kappa shape index (κ3) is 6.64. The smallest absolute Gasteiger partial charge is 0.249 e. The molecule has 0 aliphatic heterocycles. The molecule has 1 amide bonds. The Hall–Kier alpha value is -2.71. The number of halogens is 1. The van der Waals surface area contributed by atoms with Gasteiger partial charge in [0.05, 0.1) is 22.9 Å². The van der Waals surface area contributed by atoms with Crippen molar-refractivity contribution in [1.29, 1.82) is 0 Å². The summed E-state index contributed by atoms with van der Waals surface area (Å²) in [6.45, 7) is 3.64. The number of amides is 1. The van der Waals surface area contributed by atoms with Gasteiger partial charge in [0.15, 0.2) is 9.84 Å². The zero-order chi connectivity index (χ0) is 23.1. The van der Waals surface area contributed by atoms with Crippen molar-refractivity contribution >= 4 is 27.3 Å². The lowest BCUT2D eigenvalue weighted by molar-refractivity contribution is -0.131. The van der Waals surface area contributed by atoms with Crippen LogP contribution in [-0.4, -0.2) is 47.0 Å². The number of carbonyl (C=O) groups is 1. The number of hydrogen-bond donors (Lipinski definition) is 0. The van der Waals surface area contributed by atoms with Gasteiger partial charge >= 0.3 is 0 Å². The second kappa shape index (κ2) is 10.7. The lowest BCUT2D eigenvalue weighted by atomic mass is 10.1. The summed E-state index contributed by atoms with van der Waals surface area (Å²) in [5, 5.41) is 8.48. The Bertz CT molecular complexity index is 1150. The van der Waals surface area contributed by atoms with Gasteiger partial charge in [0.1, 0.15) is 5.75 Å². The summed E-state index contributed by atoms with van der Waals surface area (Å²) >= 11 is 6.17. The van der Waals surface area contributed by atoms with Crippen LogP contribution in [0.2, 0.25) is 5.02 Å². The predicted octanol–water partition coefficient (Wildman–Crippen LogP) is 4.17. The van der Waals surface area contributed by atoms with Gasteiger partial charge in [-0.25, -0.2) is 8.42 Å². The average Bonchev–Trinajstić information content (AvgIpc) is 3.21. The van der Waals surface area contributed by atoms with Crippen LogP contribution in [-0.2, 0) is 27.6 Å². The number of rotatable bonds is 10. The van der Waals surface area contributed by atoms with Crippen LogP contribution in [0.4, 0.5) is 0 Å². The van der Waals surface area contributed by atoms with Crippen molar-refractivity contribution in [3.63, 3.8) is 0 Å².